The number of fused-ring (bicyclic) bond motifs is 3. The molecule has 1 heteroatoms. The van der Waals surface area contributed by atoms with Gasteiger partial charge in [0.1, 0.15) is 0 Å². The van der Waals surface area contributed by atoms with E-state index < -0.39 is 13.3 Å². The number of hydrogen-bond acceptors (Lipinski definition) is 0. The molecule has 8 aromatic carbocycles. The molecule has 8 aromatic rings. The Balaban J connectivity index is 1.33. The summed E-state index contributed by atoms with van der Waals surface area (Å²) in [6.45, 7) is 0. The molecule has 0 aromatic heterocycles. The molecule has 0 spiro atoms. The van der Waals surface area contributed by atoms with Gasteiger partial charge in [-0.15, -0.1) is 0 Å². The van der Waals surface area contributed by atoms with E-state index in [9.17, 15) is 0 Å². The van der Waals surface area contributed by atoms with E-state index in [1.807, 2.05) is 0 Å². The second-order valence-corrected chi connectivity index (χ2v) is 20.7. The van der Waals surface area contributed by atoms with Crippen molar-refractivity contribution in [3.63, 3.8) is 0 Å². The van der Waals surface area contributed by atoms with Crippen LogP contribution in [0.5, 0.6) is 0 Å². The molecule has 9 rings (SSSR count). The Morgan fingerprint density at radius 1 is 0.224 bits per heavy atom. The molecule has 1 aliphatic heterocycles. The molecule has 0 radical (unpaired) electrons. The molecule has 0 aliphatic carbocycles. The fourth-order valence-corrected chi connectivity index (χ4v) is 18.8. The van der Waals surface area contributed by atoms with Crippen LogP contribution in [-0.4, -0.2) is 13.3 Å². The standard InChI is InChI=1S/C48H34Ge/c1-5-17-35(18-6-1)41-25-13-15-27-43(41)37-29-31-47-45(33-37)46-34-38(44-28-16-14-26-42(44)36-19-7-2-8-20-36)30-32-48(46)49(47,39-21-9-3-10-22-39)40-23-11-4-12-24-40/h1-34H. The summed E-state index contributed by atoms with van der Waals surface area (Å²) >= 11 is -3.39. The topological polar surface area (TPSA) is 0 Å². The van der Waals surface area contributed by atoms with Gasteiger partial charge in [0.15, 0.2) is 0 Å². The summed E-state index contributed by atoms with van der Waals surface area (Å²) < 4.78 is 5.93. The molecule has 0 saturated carbocycles. The van der Waals surface area contributed by atoms with Gasteiger partial charge in [0.2, 0.25) is 0 Å². The molecular weight excluding hydrogens is 649 g/mol. The maximum atomic E-state index is 2.49. The van der Waals surface area contributed by atoms with E-state index in [1.54, 1.807) is 0 Å². The second-order valence-electron chi connectivity index (χ2n) is 12.8. The van der Waals surface area contributed by atoms with Crippen LogP contribution in [0.3, 0.4) is 0 Å². The molecule has 0 saturated heterocycles. The number of rotatable bonds is 6. The molecule has 0 unspecified atom stereocenters. The summed E-state index contributed by atoms with van der Waals surface area (Å²) in [5.74, 6) is 0. The monoisotopic (exact) mass is 684 g/mol. The summed E-state index contributed by atoms with van der Waals surface area (Å²) in [5, 5.41) is 0. The van der Waals surface area contributed by atoms with E-state index in [2.05, 4.69) is 206 Å². The van der Waals surface area contributed by atoms with Gasteiger partial charge in [-0.05, 0) is 0 Å². The van der Waals surface area contributed by atoms with Crippen molar-refractivity contribution in [2.45, 2.75) is 0 Å². The van der Waals surface area contributed by atoms with Gasteiger partial charge in [-0.1, -0.05) is 0 Å². The first kappa shape index (κ1) is 29.4. The predicted octanol–water partition coefficient (Wildman–Crippen LogP) is 9.71. The van der Waals surface area contributed by atoms with Crippen LogP contribution in [0.15, 0.2) is 206 Å². The Morgan fingerprint density at radius 2 is 0.531 bits per heavy atom. The van der Waals surface area contributed by atoms with Gasteiger partial charge in [0, 0.05) is 0 Å². The fraction of sp³-hybridized carbons (Fsp3) is 0. The quantitative estimate of drug-likeness (QED) is 0.153. The molecule has 0 amide bonds. The van der Waals surface area contributed by atoms with E-state index >= 15 is 0 Å². The van der Waals surface area contributed by atoms with E-state index in [0.29, 0.717) is 0 Å². The van der Waals surface area contributed by atoms with Gasteiger partial charge in [-0.25, -0.2) is 0 Å². The number of hydrogen-bond donors (Lipinski definition) is 0. The van der Waals surface area contributed by atoms with Crippen LogP contribution in [0.4, 0.5) is 0 Å². The third-order valence-electron chi connectivity index (χ3n) is 10.2. The van der Waals surface area contributed by atoms with Gasteiger partial charge < -0.3 is 0 Å². The van der Waals surface area contributed by atoms with Crippen LogP contribution >= 0.6 is 0 Å². The molecule has 0 bridgehead atoms. The molecule has 1 heterocycles. The maximum absolute atomic E-state index is 3.39. The van der Waals surface area contributed by atoms with Crippen molar-refractivity contribution >= 4 is 30.8 Å². The van der Waals surface area contributed by atoms with Crippen LogP contribution in [0, 0.1) is 0 Å². The van der Waals surface area contributed by atoms with Crippen LogP contribution in [0.2, 0.25) is 0 Å². The fourth-order valence-electron chi connectivity index (χ4n) is 8.04. The first-order valence-corrected chi connectivity index (χ1v) is 21.2. The van der Waals surface area contributed by atoms with Crippen molar-refractivity contribution in [1.29, 1.82) is 0 Å². The van der Waals surface area contributed by atoms with Crippen molar-refractivity contribution < 1.29 is 0 Å². The molecule has 230 valence electrons. The van der Waals surface area contributed by atoms with Gasteiger partial charge in [-0.3, -0.25) is 0 Å². The minimum atomic E-state index is -3.39. The average Bonchev–Trinajstić information content (AvgIpc) is 3.49. The van der Waals surface area contributed by atoms with Crippen LogP contribution in [-0.2, 0) is 0 Å². The van der Waals surface area contributed by atoms with E-state index in [-0.39, 0.29) is 0 Å². The molecular formula is C48H34Ge. The van der Waals surface area contributed by atoms with Gasteiger partial charge in [0.25, 0.3) is 0 Å². The SMILES string of the molecule is c1ccc(-c2ccccc2-c2cc[c]3c(c2)-c2cc(-c4ccccc4-c4ccccc4)cc[c]2[Ge]3([c]2ccccc2)[c]2ccccc2)cc1. The Labute approximate surface area is 291 Å². The van der Waals surface area contributed by atoms with Crippen LogP contribution in [0.1, 0.15) is 0 Å². The first-order chi connectivity index (χ1) is 24.3. The zero-order valence-electron chi connectivity index (χ0n) is 27.1. The van der Waals surface area contributed by atoms with E-state index in [1.165, 1.54) is 73.2 Å². The summed E-state index contributed by atoms with van der Waals surface area (Å²) in [7, 11) is 0. The van der Waals surface area contributed by atoms with Gasteiger partial charge in [-0.2, -0.15) is 0 Å². The van der Waals surface area contributed by atoms with Crippen LogP contribution in [0.25, 0.3) is 55.6 Å². The predicted molar refractivity (Wildman–Crippen MR) is 211 cm³/mol. The Hall–Kier alpha value is -5.70. The van der Waals surface area contributed by atoms with Gasteiger partial charge in [0.05, 0.1) is 0 Å². The average molecular weight is 683 g/mol. The Bertz CT molecular complexity index is 2240. The number of benzene rings is 8. The summed E-state index contributed by atoms with van der Waals surface area (Å²) in [6.07, 6.45) is 0. The van der Waals surface area contributed by atoms with Crippen molar-refractivity contribution in [1.82, 2.24) is 0 Å². The van der Waals surface area contributed by atoms with E-state index in [0.717, 1.165) is 0 Å². The van der Waals surface area contributed by atoms with Crippen molar-refractivity contribution in [3.8, 4) is 55.6 Å². The second kappa shape index (κ2) is 12.4. The minimum absolute atomic E-state index is 1.24. The van der Waals surface area contributed by atoms with Crippen molar-refractivity contribution in [2.75, 3.05) is 0 Å². The zero-order valence-corrected chi connectivity index (χ0v) is 29.2. The molecule has 0 atom stereocenters. The third kappa shape index (κ3) is 4.91. The van der Waals surface area contributed by atoms with Crippen molar-refractivity contribution in [3.05, 3.63) is 206 Å². The zero-order chi connectivity index (χ0) is 32.6. The molecule has 0 fully saturated rings. The van der Waals surface area contributed by atoms with E-state index in [4.69, 9.17) is 0 Å². The van der Waals surface area contributed by atoms with Crippen molar-refractivity contribution in [2.24, 2.45) is 0 Å². The molecule has 1 aliphatic rings. The third-order valence-corrected chi connectivity index (χ3v) is 20.4. The first-order valence-electron chi connectivity index (χ1n) is 17.0. The molecule has 49 heavy (non-hydrogen) atoms. The summed E-state index contributed by atoms with van der Waals surface area (Å²) in [6, 6.07) is 76.6. The Morgan fingerprint density at radius 3 is 0.898 bits per heavy atom. The van der Waals surface area contributed by atoms with Crippen LogP contribution < -0.4 is 17.6 Å². The van der Waals surface area contributed by atoms with Gasteiger partial charge >= 0.3 is 293 Å². The summed E-state index contributed by atoms with van der Waals surface area (Å²) in [4.78, 5) is 0. The molecule has 0 nitrogen and oxygen atoms in total. The summed E-state index contributed by atoms with van der Waals surface area (Å²) in [5.41, 5.74) is 12.7. The molecule has 0 N–H and O–H groups in total. The Kier molecular flexibility index (Phi) is 7.45. The normalized spacial score (nSPS) is 12.7.